The van der Waals surface area contributed by atoms with Crippen molar-refractivity contribution in [2.75, 3.05) is 13.1 Å². The third-order valence-electron chi connectivity index (χ3n) is 3.36. The van der Waals surface area contributed by atoms with Crippen LogP contribution in [-0.2, 0) is 0 Å². The standard InChI is InChI=1S/C11H22N2/c1-8(2)13-6-9(3)12-11(7-13)10-4-5-10/h8-12H,4-7H2,1-3H3/t9-,11-/m0/s1. The molecule has 1 N–H and O–H groups in total. The van der Waals surface area contributed by atoms with E-state index in [-0.39, 0.29) is 0 Å². The maximum absolute atomic E-state index is 3.72. The van der Waals surface area contributed by atoms with Crippen LogP contribution in [0, 0.1) is 5.92 Å². The second-order valence-corrected chi connectivity index (χ2v) is 5.06. The number of rotatable bonds is 2. The topological polar surface area (TPSA) is 15.3 Å². The molecule has 1 aliphatic carbocycles. The largest absolute Gasteiger partial charge is 0.309 e. The van der Waals surface area contributed by atoms with Gasteiger partial charge in [0.2, 0.25) is 0 Å². The number of hydrogen-bond donors (Lipinski definition) is 1. The number of nitrogens with one attached hydrogen (secondary N) is 1. The Morgan fingerprint density at radius 1 is 1.23 bits per heavy atom. The van der Waals surface area contributed by atoms with Gasteiger partial charge in [0.15, 0.2) is 0 Å². The van der Waals surface area contributed by atoms with Crippen molar-refractivity contribution in [2.45, 2.75) is 51.7 Å². The first-order chi connectivity index (χ1) is 6.16. The van der Waals surface area contributed by atoms with Crippen molar-refractivity contribution in [3.8, 4) is 0 Å². The highest BCUT2D eigenvalue weighted by atomic mass is 15.2. The van der Waals surface area contributed by atoms with E-state index in [1.807, 2.05) is 0 Å². The lowest BCUT2D eigenvalue weighted by molar-refractivity contribution is 0.125. The monoisotopic (exact) mass is 182 g/mol. The van der Waals surface area contributed by atoms with Gasteiger partial charge < -0.3 is 5.32 Å². The van der Waals surface area contributed by atoms with E-state index < -0.39 is 0 Å². The minimum atomic E-state index is 0.682. The maximum atomic E-state index is 3.72. The smallest absolute Gasteiger partial charge is 0.0226 e. The van der Waals surface area contributed by atoms with Gasteiger partial charge in [0.05, 0.1) is 0 Å². The molecule has 2 atom stereocenters. The molecule has 0 aromatic heterocycles. The molecular weight excluding hydrogens is 160 g/mol. The van der Waals surface area contributed by atoms with Crippen LogP contribution in [-0.4, -0.2) is 36.1 Å². The van der Waals surface area contributed by atoms with Crippen molar-refractivity contribution in [1.29, 1.82) is 0 Å². The van der Waals surface area contributed by atoms with Crippen LogP contribution >= 0.6 is 0 Å². The zero-order valence-electron chi connectivity index (χ0n) is 9.09. The van der Waals surface area contributed by atoms with E-state index in [1.165, 1.54) is 25.9 Å². The van der Waals surface area contributed by atoms with Gasteiger partial charge in [-0.25, -0.2) is 0 Å². The zero-order valence-corrected chi connectivity index (χ0v) is 9.09. The first-order valence-electron chi connectivity index (χ1n) is 5.67. The van der Waals surface area contributed by atoms with Gasteiger partial charge >= 0.3 is 0 Å². The number of piperazine rings is 1. The highest BCUT2D eigenvalue weighted by molar-refractivity contribution is 4.94. The number of hydrogen-bond acceptors (Lipinski definition) is 2. The van der Waals surface area contributed by atoms with Crippen molar-refractivity contribution < 1.29 is 0 Å². The van der Waals surface area contributed by atoms with Crippen LogP contribution < -0.4 is 5.32 Å². The summed E-state index contributed by atoms with van der Waals surface area (Å²) in [6, 6.07) is 2.18. The van der Waals surface area contributed by atoms with Gasteiger partial charge in [-0.15, -0.1) is 0 Å². The predicted molar refractivity (Wildman–Crippen MR) is 55.8 cm³/mol. The Morgan fingerprint density at radius 3 is 2.46 bits per heavy atom. The molecule has 0 amide bonds. The summed E-state index contributed by atoms with van der Waals surface area (Å²) in [5.74, 6) is 0.990. The van der Waals surface area contributed by atoms with Crippen molar-refractivity contribution in [3.63, 3.8) is 0 Å². The van der Waals surface area contributed by atoms with E-state index in [0.717, 1.165) is 12.0 Å². The average molecular weight is 182 g/mol. The molecule has 0 bridgehead atoms. The fourth-order valence-electron chi connectivity index (χ4n) is 2.36. The summed E-state index contributed by atoms with van der Waals surface area (Å²) < 4.78 is 0. The fraction of sp³-hybridized carbons (Fsp3) is 1.00. The maximum Gasteiger partial charge on any atom is 0.0226 e. The van der Waals surface area contributed by atoms with Crippen LogP contribution in [0.2, 0.25) is 0 Å². The van der Waals surface area contributed by atoms with E-state index in [1.54, 1.807) is 0 Å². The molecule has 2 aliphatic rings. The average Bonchev–Trinajstić information content (AvgIpc) is 2.85. The molecule has 0 aromatic rings. The van der Waals surface area contributed by atoms with Crippen molar-refractivity contribution >= 4 is 0 Å². The summed E-state index contributed by atoms with van der Waals surface area (Å²) in [4.78, 5) is 2.62. The van der Waals surface area contributed by atoms with Crippen molar-refractivity contribution in [2.24, 2.45) is 5.92 Å². The Bertz CT molecular complexity index is 165. The fourth-order valence-corrected chi connectivity index (χ4v) is 2.36. The molecule has 1 saturated heterocycles. The summed E-state index contributed by atoms with van der Waals surface area (Å²) in [5.41, 5.74) is 0. The summed E-state index contributed by atoms with van der Waals surface area (Å²) >= 11 is 0. The molecule has 2 nitrogen and oxygen atoms in total. The number of nitrogens with zero attached hydrogens (tertiary/aromatic N) is 1. The minimum Gasteiger partial charge on any atom is -0.309 e. The Labute approximate surface area is 81.7 Å². The van der Waals surface area contributed by atoms with Crippen molar-refractivity contribution in [3.05, 3.63) is 0 Å². The molecule has 13 heavy (non-hydrogen) atoms. The lowest BCUT2D eigenvalue weighted by Gasteiger charge is -2.40. The molecule has 2 fully saturated rings. The summed E-state index contributed by atoms with van der Waals surface area (Å²) in [5, 5.41) is 3.72. The first kappa shape index (κ1) is 9.47. The molecule has 0 radical (unpaired) electrons. The zero-order chi connectivity index (χ0) is 9.42. The van der Waals surface area contributed by atoms with Crippen LogP contribution in [0.5, 0.6) is 0 Å². The third-order valence-corrected chi connectivity index (χ3v) is 3.36. The molecule has 1 saturated carbocycles. The van der Waals surface area contributed by atoms with E-state index in [2.05, 4.69) is 31.0 Å². The Balaban J connectivity index is 1.92. The normalized spacial score (nSPS) is 36.9. The van der Waals surface area contributed by atoms with Gasteiger partial charge in [-0.3, -0.25) is 4.90 Å². The van der Waals surface area contributed by atoms with Gasteiger partial charge in [-0.05, 0) is 39.5 Å². The van der Waals surface area contributed by atoms with Gasteiger partial charge in [-0.1, -0.05) is 0 Å². The SMILES string of the molecule is CC(C)N1C[C@@H](C2CC2)N[C@@H](C)C1. The van der Waals surface area contributed by atoms with Gasteiger partial charge in [0.1, 0.15) is 0 Å². The van der Waals surface area contributed by atoms with E-state index in [9.17, 15) is 0 Å². The molecule has 2 heteroatoms. The van der Waals surface area contributed by atoms with Crippen LogP contribution in [0.1, 0.15) is 33.6 Å². The molecule has 2 rings (SSSR count). The quantitative estimate of drug-likeness (QED) is 0.695. The molecule has 76 valence electrons. The third kappa shape index (κ3) is 2.23. The van der Waals surface area contributed by atoms with Crippen LogP contribution in [0.4, 0.5) is 0 Å². The Kier molecular flexibility index (Phi) is 2.61. The van der Waals surface area contributed by atoms with Crippen molar-refractivity contribution in [1.82, 2.24) is 10.2 Å². The van der Waals surface area contributed by atoms with Crippen LogP contribution in [0.25, 0.3) is 0 Å². The van der Waals surface area contributed by atoms with Gasteiger partial charge in [0.25, 0.3) is 0 Å². The summed E-state index contributed by atoms with van der Waals surface area (Å²) in [6.45, 7) is 9.42. The highest BCUT2D eigenvalue weighted by Crippen LogP contribution is 2.34. The molecule has 0 spiro atoms. The van der Waals surface area contributed by atoms with E-state index >= 15 is 0 Å². The lowest BCUT2D eigenvalue weighted by Crippen LogP contribution is -2.57. The molecule has 1 aliphatic heterocycles. The highest BCUT2D eigenvalue weighted by Gasteiger charge is 2.36. The van der Waals surface area contributed by atoms with Gasteiger partial charge in [0, 0.05) is 31.2 Å². The van der Waals surface area contributed by atoms with Crippen LogP contribution in [0.15, 0.2) is 0 Å². The van der Waals surface area contributed by atoms with E-state index in [0.29, 0.717) is 12.1 Å². The summed E-state index contributed by atoms with van der Waals surface area (Å²) in [6.07, 6.45) is 2.91. The second-order valence-electron chi connectivity index (χ2n) is 5.06. The molecular formula is C11H22N2. The first-order valence-corrected chi connectivity index (χ1v) is 5.67. The van der Waals surface area contributed by atoms with Gasteiger partial charge in [-0.2, -0.15) is 0 Å². The Hall–Kier alpha value is -0.0800. The Morgan fingerprint density at radius 2 is 1.92 bits per heavy atom. The van der Waals surface area contributed by atoms with E-state index in [4.69, 9.17) is 0 Å². The minimum absolute atomic E-state index is 0.682. The molecule has 0 unspecified atom stereocenters. The molecule has 0 aromatic carbocycles. The second kappa shape index (κ2) is 3.58. The molecule has 1 heterocycles. The predicted octanol–water partition coefficient (Wildman–Crippen LogP) is 1.47. The van der Waals surface area contributed by atoms with Crippen LogP contribution in [0.3, 0.4) is 0 Å². The lowest BCUT2D eigenvalue weighted by atomic mass is 10.1. The summed E-state index contributed by atoms with van der Waals surface area (Å²) in [7, 11) is 0.